The van der Waals surface area contributed by atoms with Crippen molar-refractivity contribution in [3.05, 3.63) is 35.1 Å². The summed E-state index contributed by atoms with van der Waals surface area (Å²) in [5, 5.41) is 8.91. The number of aliphatic hydroxyl groups is 1. The molecule has 0 fully saturated rings. The Bertz CT molecular complexity index is 260. The fourth-order valence-electron chi connectivity index (χ4n) is 0.690. The third kappa shape index (κ3) is 2.70. The smallest absolute Gasteiger partial charge is 0.129 e. The van der Waals surface area contributed by atoms with Crippen LogP contribution < -0.4 is 0 Å². The van der Waals surface area contributed by atoms with E-state index in [1.807, 2.05) is 12.1 Å². The van der Waals surface area contributed by atoms with Gasteiger partial charge in [0.1, 0.15) is 5.15 Å². The first-order valence-corrected chi connectivity index (χ1v) is 3.60. The first kappa shape index (κ1) is 8.24. The molecule has 58 valence electrons. The minimum atomic E-state index is 0.0220. The number of pyridine rings is 1. The highest BCUT2D eigenvalue weighted by Gasteiger charge is 1.88. The molecule has 0 radical (unpaired) electrons. The zero-order valence-electron chi connectivity index (χ0n) is 5.87. The van der Waals surface area contributed by atoms with Crippen LogP contribution in [0.25, 0.3) is 6.08 Å². The van der Waals surface area contributed by atoms with Crippen molar-refractivity contribution >= 4 is 17.7 Å². The van der Waals surface area contributed by atoms with Gasteiger partial charge in [0, 0.05) is 0 Å². The Morgan fingerprint density at radius 2 is 2.36 bits per heavy atom. The molecule has 2 nitrogen and oxygen atoms in total. The minimum absolute atomic E-state index is 0.0220. The lowest BCUT2D eigenvalue weighted by Crippen LogP contribution is -1.80. The van der Waals surface area contributed by atoms with Crippen LogP contribution in [0.3, 0.4) is 0 Å². The van der Waals surface area contributed by atoms with E-state index in [4.69, 9.17) is 16.7 Å². The van der Waals surface area contributed by atoms with Crippen molar-refractivity contribution in [1.29, 1.82) is 0 Å². The van der Waals surface area contributed by atoms with Gasteiger partial charge in [-0.1, -0.05) is 23.7 Å². The number of hydrogen-bond donors (Lipinski definition) is 1. The summed E-state index contributed by atoms with van der Waals surface area (Å²) >= 11 is 5.62. The Morgan fingerprint density at radius 3 is 3.00 bits per heavy atom. The Morgan fingerprint density at radius 1 is 1.55 bits per heavy atom. The molecule has 0 atom stereocenters. The average Bonchev–Trinajstić information content (AvgIpc) is 2.01. The van der Waals surface area contributed by atoms with Gasteiger partial charge in [-0.25, -0.2) is 4.98 Å². The molecule has 3 heteroatoms. The van der Waals surface area contributed by atoms with Gasteiger partial charge in [0.25, 0.3) is 0 Å². The molecular weight excluding hydrogens is 162 g/mol. The van der Waals surface area contributed by atoms with E-state index in [1.54, 1.807) is 18.2 Å². The van der Waals surface area contributed by atoms with Crippen molar-refractivity contribution in [3.63, 3.8) is 0 Å². The first-order chi connectivity index (χ1) is 5.33. The molecule has 1 N–H and O–H groups in total. The van der Waals surface area contributed by atoms with Gasteiger partial charge in [-0.2, -0.15) is 0 Å². The number of aliphatic hydroxyl groups excluding tert-OH is 1. The zero-order valence-corrected chi connectivity index (χ0v) is 6.62. The van der Waals surface area contributed by atoms with E-state index in [0.717, 1.165) is 5.69 Å². The van der Waals surface area contributed by atoms with Crippen LogP contribution in [-0.2, 0) is 0 Å². The SMILES string of the molecule is OCC=Cc1cccc(Cl)n1. The van der Waals surface area contributed by atoms with Crippen molar-refractivity contribution < 1.29 is 5.11 Å². The van der Waals surface area contributed by atoms with Crippen LogP contribution in [0.2, 0.25) is 5.15 Å². The molecule has 0 saturated carbocycles. The van der Waals surface area contributed by atoms with Gasteiger partial charge in [0.05, 0.1) is 12.3 Å². The molecule has 0 aromatic carbocycles. The van der Waals surface area contributed by atoms with E-state index in [9.17, 15) is 0 Å². The Labute approximate surface area is 70.2 Å². The van der Waals surface area contributed by atoms with E-state index < -0.39 is 0 Å². The van der Waals surface area contributed by atoms with Gasteiger partial charge in [-0.3, -0.25) is 0 Å². The van der Waals surface area contributed by atoms with Crippen molar-refractivity contribution in [1.82, 2.24) is 4.98 Å². The van der Waals surface area contributed by atoms with Gasteiger partial charge in [0.15, 0.2) is 0 Å². The molecular formula is C8H8ClNO. The van der Waals surface area contributed by atoms with Crippen molar-refractivity contribution in [2.75, 3.05) is 6.61 Å². The number of hydrogen-bond acceptors (Lipinski definition) is 2. The molecule has 0 unspecified atom stereocenters. The molecule has 0 amide bonds. The van der Waals surface area contributed by atoms with Crippen molar-refractivity contribution in [2.24, 2.45) is 0 Å². The maximum atomic E-state index is 8.45. The summed E-state index contributed by atoms with van der Waals surface area (Å²) in [5.74, 6) is 0. The quantitative estimate of drug-likeness (QED) is 0.685. The van der Waals surface area contributed by atoms with E-state index in [0.29, 0.717) is 5.15 Å². The zero-order chi connectivity index (χ0) is 8.10. The molecule has 0 aliphatic rings. The second kappa shape index (κ2) is 4.11. The average molecular weight is 170 g/mol. The monoisotopic (exact) mass is 169 g/mol. The van der Waals surface area contributed by atoms with Crippen LogP contribution in [0, 0.1) is 0 Å². The highest BCUT2D eigenvalue weighted by molar-refractivity contribution is 6.29. The molecule has 0 spiro atoms. The molecule has 0 aliphatic carbocycles. The third-order valence-electron chi connectivity index (χ3n) is 1.13. The van der Waals surface area contributed by atoms with E-state index in [1.165, 1.54) is 0 Å². The lowest BCUT2D eigenvalue weighted by molar-refractivity contribution is 0.343. The molecule has 1 aromatic heterocycles. The number of halogens is 1. The van der Waals surface area contributed by atoms with Crippen molar-refractivity contribution in [3.8, 4) is 0 Å². The van der Waals surface area contributed by atoms with Gasteiger partial charge in [-0.05, 0) is 18.2 Å². The van der Waals surface area contributed by atoms with Gasteiger partial charge < -0.3 is 5.11 Å². The van der Waals surface area contributed by atoms with Crippen LogP contribution in [0.5, 0.6) is 0 Å². The Balaban J connectivity index is 2.79. The second-order valence-electron chi connectivity index (χ2n) is 1.97. The molecule has 0 bridgehead atoms. The lowest BCUT2D eigenvalue weighted by atomic mass is 10.3. The van der Waals surface area contributed by atoms with Gasteiger partial charge in [0.2, 0.25) is 0 Å². The standard InChI is InChI=1S/C8H8ClNO/c9-8-5-1-3-7(10-8)4-2-6-11/h1-5,11H,6H2. The predicted molar refractivity (Wildman–Crippen MR) is 45.4 cm³/mol. The fourth-order valence-corrected chi connectivity index (χ4v) is 0.861. The summed E-state index contributed by atoms with van der Waals surface area (Å²) < 4.78 is 0. The van der Waals surface area contributed by atoms with Crippen LogP contribution in [0.1, 0.15) is 5.69 Å². The molecule has 0 aliphatic heterocycles. The number of nitrogens with zero attached hydrogens (tertiary/aromatic N) is 1. The van der Waals surface area contributed by atoms with Crippen LogP contribution >= 0.6 is 11.6 Å². The lowest BCUT2D eigenvalue weighted by Gasteiger charge is -1.91. The summed E-state index contributed by atoms with van der Waals surface area (Å²) in [4.78, 5) is 3.98. The summed E-state index contributed by atoms with van der Waals surface area (Å²) in [5.41, 5.74) is 0.756. The molecule has 1 heterocycles. The first-order valence-electron chi connectivity index (χ1n) is 3.23. The van der Waals surface area contributed by atoms with E-state index in [2.05, 4.69) is 4.98 Å². The maximum absolute atomic E-state index is 8.45. The second-order valence-corrected chi connectivity index (χ2v) is 2.36. The Kier molecular flexibility index (Phi) is 3.08. The predicted octanol–water partition coefficient (Wildman–Crippen LogP) is 1.74. The van der Waals surface area contributed by atoms with E-state index >= 15 is 0 Å². The van der Waals surface area contributed by atoms with Gasteiger partial charge >= 0.3 is 0 Å². The molecule has 1 rings (SSSR count). The molecule has 0 saturated heterocycles. The van der Waals surface area contributed by atoms with Gasteiger partial charge in [-0.15, -0.1) is 0 Å². The largest absolute Gasteiger partial charge is 0.392 e. The van der Waals surface area contributed by atoms with Crippen LogP contribution in [0.15, 0.2) is 24.3 Å². The molecule has 1 aromatic rings. The number of rotatable bonds is 2. The summed E-state index contributed by atoms with van der Waals surface area (Å²) in [6.07, 6.45) is 3.32. The van der Waals surface area contributed by atoms with E-state index in [-0.39, 0.29) is 6.61 Å². The van der Waals surface area contributed by atoms with Crippen molar-refractivity contribution in [2.45, 2.75) is 0 Å². The highest BCUT2D eigenvalue weighted by Crippen LogP contribution is 2.05. The summed E-state index contributed by atoms with van der Waals surface area (Å²) in [7, 11) is 0. The van der Waals surface area contributed by atoms with Crippen LogP contribution in [-0.4, -0.2) is 16.7 Å². The highest BCUT2D eigenvalue weighted by atomic mass is 35.5. The Hall–Kier alpha value is -0.860. The summed E-state index contributed by atoms with van der Waals surface area (Å²) in [6.45, 7) is 0.0220. The molecule has 11 heavy (non-hydrogen) atoms. The normalized spacial score (nSPS) is 10.7. The maximum Gasteiger partial charge on any atom is 0.129 e. The third-order valence-corrected chi connectivity index (χ3v) is 1.34. The summed E-state index contributed by atoms with van der Waals surface area (Å²) in [6, 6.07) is 5.34. The number of aromatic nitrogens is 1. The fraction of sp³-hybridized carbons (Fsp3) is 0.125. The topological polar surface area (TPSA) is 33.1 Å². The van der Waals surface area contributed by atoms with Crippen LogP contribution in [0.4, 0.5) is 0 Å². The minimum Gasteiger partial charge on any atom is -0.392 e.